The summed E-state index contributed by atoms with van der Waals surface area (Å²) < 4.78 is 29.6. The molecule has 1 aromatic rings. The van der Waals surface area contributed by atoms with Crippen LogP contribution in [0.2, 0.25) is 0 Å². The minimum atomic E-state index is -2.52. The number of hydrogen-bond donors (Lipinski definition) is 2. The smallest absolute Gasteiger partial charge is 0.340 e. The Labute approximate surface area is 115 Å². The van der Waals surface area contributed by atoms with Crippen molar-refractivity contribution in [2.45, 2.75) is 13.0 Å². The van der Waals surface area contributed by atoms with Crippen LogP contribution in [0.1, 0.15) is 15.9 Å². The number of alkyl halides is 2. The number of hydrogen-bond acceptors (Lipinski definition) is 5. The third kappa shape index (κ3) is 4.43. The average molecular weight is 288 g/mol. The molecule has 1 rings (SSSR count). The Morgan fingerprint density at radius 2 is 2.20 bits per heavy atom. The average Bonchev–Trinajstić information content (AvgIpc) is 2.37. The van der Waals surface area contributed by atoms with E-state index in [9.17, 15) is 13.6 Å². The van der Waals surface area contributed by atoms with Crippen LogP contribution in [0.25, 0.3) is 0 Å². The van der Waals surface area contributed by atoms with Crippen LogP contribution in [0.15, 0.2) is 18.2 Å². The highest BCUT2D eigenvalue weighted by molar-refractivity contribution is 5.96. The van der Waals surface area contributed by atoms with Crippen LogP contribution >= 0.6 is 0 Å². The minimum absolute atomic E-state index is 0.0831. The first kappa shape index (κ1) is 16.3. The van der Waals surface area contributed by atoms with Crippen molar-refractivity contribution in [1.29, 1.82) is 0 Å². The molecule has 0 amide bonds. The van der Waals surface area contributed by atoms with E-state index in [4.69, 9.17) is 10.8 Å². The second kappa shape index (κ2) is 7.76. The summed E-state index contributed by atoms with van der Waals surface area (Å²) in [7, 11) is 1.23. The first-order valence-corrected chi connectivity index (χ1v) is 6.06. The Morgan fingerprint density at radius 1 is 1.50 bits per heavy atom. The molecular weight excluding hydrogens is 270 g/mol. The molecule has 0 saturated carbocycles. The first-order chi connectivity index (χ1) is 9.49. The zero-order chi connectivity index (χ0) is 15.1. The van der Waals surface area contributed by atoms with E-state index in [1.54, 1.807) is 18.2 Å². The van der Waals surface area contributed by atoms with E-state index in [1.165, 1.54) is 12.0 Å². The number of benzene rings is 1. The highest BCUT2D eigenvalue weighted by Crippen LogP contribution is 2.20. The standard InChI is InChI=1S/C13H18F2N2O3/c1-20-13(19)12-9(3-2-4-10(12)16)7-17(5-6-18)8-11(14)15/h2-4,11,18H,5-8,16H2,1H3. The maximum absolute atomic E-state index is 12.5. The lowest BCUT2D eigenvalue weighted by Gasteiger charge is -2.22. The van der Waals surface area contributed by atoms with Gasteiger partial charge in [-0.05, 0) is 11.6 Å². The summed E-state index contributed by atoms with van der Waals surface area (Å²) in [4.78, 5) is 13.1. The molecule has 0 aromatic heterocycles. The van der Waals surface area contributed by atoms with E-state index < -0.39 is 18.9 Å². The molecule has 0 spiro atoms. The third-order valence-corrected chi connectivity index (χ3v) is 2.78. The number of esters is 1. The second-order valence-corrected chi connectivity index (χ2v) is 4.22. The van der Waals surface area contributed by atoms with Gasteiger partial charge in [-0.2, -0.15) is 0 Å². The number of halogens is 2. The van der Waals surface area contributed by atoms with Gasteiger partial charge in [0.25, 0.3) is 6.43 Å². The predicted octanol–water partition coefficient (Wildman–Crippen LogP) is 1.11. The van der Waals surface area contributed by atoms with Crippen LogP contribution in [0, 0.1) is 0 Å². The van der Waals surface area contributed by atoms with Crippen LogP contribution in [-0.2, 0) is 11.3 Å². The van der Waals surface area contributed by atoms with Gasteiger partial charge in [-0.25, -0.2) is 13.6 Å². The van der Waals surface area contributed by atoms with Crippen LogP contribution in [0.5, 0.6) is 0 Å². The first-order valence-electron chi connectivity index (χ1n) is 6.06. The largest absolute Gasteiger partial charge is 0.465 e. The Balaban J connectivity index is 2.99. The lowest BCUT2D eigenvalue weighted by Crippen LogP contribution is -2.32. The molecular formula is C13H18F2N2O3. The molecule has 0 aliphatic carbocycles. The van der Waals surface area contributed by atoms with Crippen LogP contribution in [0.4, 0.5) is 14.5 Å². The maximum Gasteiger partial charge on any atom is 0.340 e. The number of nitrogens with two attached hydrogens (primary N) is 1. The fourth-order valence-electron chi connectivity index (χ4n) is 1.92. The quantitative estimate of drug-likeness (QED) is 0.581. The van der Waals surface area contributed by atoms with E-state index in [2.05, 4.69) is 4.74 Å². The summed E-state index contributed by atoms with van der Waals surface area (Å²) in [6, 6.07) is 4.80. The Bertz CT molecular complexity index is 455. The Morgan fingerprint density at radius 3 is 2.75 bits per heavy atom. The highest BCUT2D eigenvalue weighted by atomic mass is 19.3. The third-order valence-electron chi connectivity index (χ3n) is 2.78. The molecule has 0 heterocycles. The Hall–Kier alpha value is -1.73. The molecule has 5 nitrogen and oxygen atoms in total. The number of nitrogen functional groups attached to an aromatic ring is 1. The van der Waals surface area contributed by atoms with Crippen molar-refractivity contribution in [3.63, 3.8) is 0 Å². The molecule has 7 heteroatoms. The van der Waals surface area contributed by atoms with Gasteiger partial charge in [0.05, 0.1) is 25.8 Å². The number of nitrogens with zero attached hydrogens (tertiary/aromatic N) is 1. The summed E-state index contributed by atoms with van der Waals surface area (Å²) in [5, 5.41) is 8.90. The highest BCUT2D eigenvalue weighted by Gasteiger charge is 2.19. The molecule has 0 aliphatic rings. The van der Waals surface area contributed by atoms with Gasteiger partial charge >= 0.3 is 5.97 Å². The number of carbonyl (C=O) groups is 1. The topological polar surface area (TPSA) is 75.8 Å². The number of aliphatic hydroxyl groups is 1. The van der Waals surface area contributed by atoms with Crippen molar-refractivity contribution in [3.8, 4) is 0 Å². The van der Waals surface area contributed by atoms with Gasteiger partial charge in [0.1, 0.15) is 0 Å². The van der Waals surface area contributed by atoms with E-state index in [0.29, 0.717) is 5.56 Å². The number of carbonyl (C=O) groups excluding carboxylic acids is 1. The maximum atomic E-state index is 12.5. The van der Waals surface area contributed by atoms with Crippen molar-refractivity contribution in [1.82, 2.24) is 4.90 Å². The lowest BCUT2D eigenvalue weighted by molar-refractivity contribution is 0.0595. The van der Waals surface area contributed by atoms with Gasteiger partial charge in [-0.1, -0.05) is 12.1 Å². The molecule has 3 N–H and O–H groups in total. The van der Waals surface area contributed by atoms with Crippen molar-refractivity contribution in [3.05, 3.63) is 29.3 Å². The van der Waals surface area contributed by atoms with Crippen LogP contribution in [-0.4, -0.2) is 49.2 Å². The number of aliphatic hydroxyl groups excluding tert-OH is 1. The van der Waals surface area contributed by atoms with Gasteiger partial charge in [-0.15, -0.1) is 0 Å². The molecule has 1 aromatic carbocycles. The lowest BCUT2D eigenvalue weighted by atomic mass is 10.0. The molecule has 0 unspecified atom stereocenters. The van der Waals surface area contributed by atoms with Gasteiger partial charge in [0, 0.05) is 18.8 Å². The van der Waals surface area contributed by atoms with Gasteiger partial charge < -0.3 is 15.6 Å². The van der Waals surface area contributed by atoms with Crippen LogP contribution in [0.3, 0.4) is 0 Å². The summed E-state index contributed by atoms with van der Waals surface area (Å²) in [6.07, 6.45) is -2.52. The number of rotatable bonds is 7. The monoisotopic (exact) mass is 288 g/mol. The van der Waals surface area contributed by atoms with Gasteiger partial charge in [0.2, 0.25) is 0 Å². The number of methoxy groups -OCH3 is 1. The van der Waals surface area contributed by atoms with Crippen molar-refractivity contribution < 1.29 is 23.4 Å². The fourth-order valence-corrected chi connectivity index (χ4v) is 1.92. The zero-order valence-corrected chi connectivity index (χ0v) is 11.2. The molecule has 0 aliphatic heterocycles. The summed E-state index contributed by atoms with van der Waals surface area (Å²) in [5.74, 6) is -0.612. The molecule has 0 fully saturated rings. The molecule has 0 atom stereocenters. The summed E-state index contributed by atoms with van der Waals surface area (Å²) >= 11 is 0. The number of ether oxygens (including phenoxy) is 1. The SMILES string of the molecule is COC(=O)c1c(N)cccc1CN(CCO)CC(F)F. The minimum Gasteiger partial charge on any atom is -0.465 e. The molecule has 0 radical (unpaired) electrons. The molecule has 112 valence electrons. The fraction of sp³-hybridized carbons (Fsp3) is 0.462. The van der Waals surface area contributed by atoms with Gasteiger partial charge in [0.15, 0.2) is 0 Å². The molecule has 0 bridgehead atoms. The number of anilines is 1. The second-order valence-electron chi connectivity index (χ2n) is 4.22. The Kier molecular flexibility index (Phi) is 6.33. The summed E-state index contributed by atoms with van der Waals surface area (Å²) in [6.45, 7) is -0.571. The molecule has 0 saturated heterocycles. The van der Waals surface area contributed by atoms with Gasteiger partial charge in [-0.3, -0.25) is 4.90 Å². The predicted molar refractivity (Wildman–Crippen MR) is 70.6 cm³/mol. The van der Waals surface area contributed by atoms with E-state index >= 15 is 0 Å². The van der Waals surface area contributed by atoms with E-state index in [1.807, 2.05) is 0 Å². The summed E-state index contributed by atoms with van der Waals surface area (Å²) in [5.41, 5.74) is 6.63. The van der Waals surface area contributed by atoms with E-state index in [0.717, 1.165) is 0 Å². The van der Waals surface area contributed by atoms with Crippen molar-refractivity contribution in [2.75, 3.05) is 32.5 Å². The van der Waals surface area contributed by atoms with Crippen molar-refractivity contribution in [2.24, 2.45) is 0 Å². The molecule has 20 heavy (non-hydrogen) atoms. The van der Waals surface area contributed by atoms with E-state index in [-0.39, 0.29) is 30.9 Å². The van der Waals surface area contributed by atoms with Crippen LogP contribution < -0.4 is 5.73 Å². The van der Waals surface area contributed by atoms with Crippen molar-refractivity contribution >= 4 is 11.7 Å². The zero-order valence-electron chi connectivity index (χ0n) is 11.2. The normalized spacial score (nSPS) is 11.1.